The van der Waals surface area contributed by atoms with Gasteiger partial charge >= 0.3 is 0 Å². The van der Waals surface area contributed by atoms with Gasteiger partial charge in [0.2, 0.25) is 0 Å². The molecule has 0 unspecified atom stereocenters. The monoisotopic (exact) mass is 171 g/mol. The maximum atomic E-state index is 12.5. The molecule has 68 valence electrons. The van der Waals surface area contributed by atoms with Crippen LogP contribution in [0.4, 0.5) is 4.39 Å². The summed E-state index contributed by atoms with van der Waals surface area (Å²) in [6, 6.07) is 0. The Labute approximate surface area is 72.1 Å². The number of oxime groups is 1. The summed E-state index contributed by atoms with van der Waals surface area (Å²) >= 11 is 0. The Morgan fingerprint density at radius 1 is 1.42 bits per heavy atom. The van der Waals surface area contributed by atoms with E-state index in [0.29, 0.717) is 5.71 Å². The van der Waals surface area contributed by atoms with Crippen LogP contribution in [0, 0.1) is 5.92 Å². The molecule has 0 rings (SSSR count). The molecule has 0 aliphatic carbocycles. The fraction of sp³-hybridized carbons (Fsp3) is 0.444. The molecule has 0 aromatic carbocycles. The summed E-state index contributed by atoms with van der Waals surface area (Å²) in [7, 11) is 0. The van der Waals surface area contributed by atoms with Crippen molar-refractivity contribution in [3.8, 4) is 0 Å². The van der Waals surface area contributed by atoms with E-state index < -0.39 is 0 Å². The number of halogens is 1. The fourth-order valence-electron chi connectivity index (χ4n) is 0.602. The van der Waals surface area contributed by atoms with Gasteiger partial charge in [-0.2, -0.15) is 0 Å². The maximum absolute atomic E-state index is 12.5. The second-order valence-corrected chi connectivity index (χ2v) is 2.69. The molecule has 1 N–H and O–H groups in total. The van der Waals surface area contributed by atoms with Crippen molar-refractivity contribution in [3.63, 3.8) is 0 Å². The van der Waals surface area contributed by atoms with Gasteiger partial charge in [0.25, 0.3) is 0 Å². The Bertz CT molecular complexity index is 217. The van der Waals surface area contributed by atoms with Crippen LogP contribution in [0.1, 0.15) is 20.8 Å². The molecule has 0 aliphatic heterocycles. The number of nitrogens with zero attached hydrogens (tertiary/aromatic N) is 1. The average Bonchev–Trinajstić information content (AvgIpc) is 2.04. The van der Waals surface area contributed by atoms with Crippen molar-refractivity contribution < 1.29 is 9.60 Å². The fourth-order valence-corrected chi connectivity index (χ4v) is 0.602. The van der Waals surface area contributed by atoms with Crippen LogP contribution in [-0.2, 0) is 0 Å². The molecule has 0 saturated carbocycles. The Morgan fingerprint density at radius 2 is 2.00 bits per heavy atom. The van der Waals surface area contributed by atoms with Gasteiger partial charge in [-0.25, -0.2) is 4.39 Å². The molecule has 0 spiro atoms. The predicted octanol–water partition coefficient (Wildman–Crippen LogP) is 2.90. The van der Waals surface area contributed by atoms with Gasteiger partial charge in [-0.15, -0.1) is 0 Å². The van der Waals surface area contributed by atoms with Gasteiger partial charge in [0, 0.05) is 0 Å². The van der Waals surface area contributed by atoms with Gasteiger partial charge in [0.1, 0.15) is 5.83 Å². The molecule has 0 aliphatic rings. The van der Waals surface area contributed by atoms with Crippen LogP contribution in [0.3, 0.4) is 0 Å². The Morgan fingerprint density at radius 3 is 2.33 bits per heavy atom. The zero-order valence-electron chi connectivity index (χ0n) is 7.58. The number of allylic oxidation sites excluding steroid dienone is 4. The number of hydrogen-bond donors (Lipinski definition) is 1. The smallest absolute Gasteiger partial charge is 0.119 e. The molecule has 12 heavy (non-hydrogen) atoms. The second kappa shape index (κ2) is 5.52. The first-order chi connectivity index (χ1) is 5.61. The molecule has 3 heteroatoms. The van der Waals surface area contributed by atoms with Gasteiger partial charge in [0.05, 0.1) is 5.71 Å². The predicted molar refractivity (Wildman–Crippen MR) is 48.1 cm³/mol. The van der Waals surface area contributed by atoms with Gasteiger partial charge in [-0.3, -0.25) is 0 Å². The Kier molecular flexibility index (Phi) is 5.00. The molecule has 0 amide bonds. The zero-order chi connectivity index (χ0) is 9.56. The summed E-state index contributed by atoms with van der Waals surface area (Å²) in [5.41, 5.74) is 0.465. The van der Waals surface area contributed by atoms with Crippen molar-refractivity contribution in [3.05, 3.63) is 24.1 Å². The largest absolute Gasteiger partial charge is 0.411 e. The van der Waals surface area contributed by atoms with Gasteiger partial charge in [0.15, 0.2) is 0 Å². The summed E-state index contributed by atoms with van der Waals surface area (Å²) < 4.78 is 12.5. The molecule has 0 fully saturated rings. The lowest BCUT2D eigenvalue weighted by Gasteiger charge is -2.00. The molecular formula is C9H14FNO. The van der Waals surface area contributed by atoms with E-state index in [1.807, 2.05) is 13.8 Å². The van der Waals surface area contributed by atoms with Crippen molar-refractivity contribution >= 4 is 5.71 Å². The zero-order valence-corrected chi connectivity index (χ0v) is 7.58. The van der Waals surface area contributed by atoms with Crippen LogP contribution in [0.15, 0.2) is 29.2 Å². The summed E-state index contributed by atoms with van der Waals surface area (Å²) in [6.45, 7) is 5.34. The minimum atomic E-state index is -0.336. The normalized spacial score (nSPS) is 14.8. The van der Waals surface area contributed by atoms with Crippen LogP contribution < -0.4 is 0 Å². The minimum absolute atomic E-state index is 0.0934. The molecule has 0 saturated heterocycles. The third-order valence-corrected chi connectivity index (χ3v) is 1.40. The van der Waals surface area contributed by atoms with Crippen molar-refractivity contribution in [2.45, 2.75) is 20.8 Å². The SMILES string of the molecule is C\C=C(F)/C=C\C(=N\O)C(C)C. The second-order valence-electron chi connectivity index (χ2n) is 2.69. The van der Waals surface area contributed by atoms with E-state index in [9.17, 15) is 4.39 Å². The molecule has 0 heterocycles. The number of hydrogen-bond acceptors (Lipinski definition) is 2. The highest BCUT2D eigenvalue weighted by atomic mass is 19.1. The first-order valence-electron chi connectivity index (χ1n) is 3.83. The molecular weight excluding hydrogens is 157 g/mol. The lowest BCUT2D eigenvalue weighted by atomic mass is 10.1. The number of rotatable bonds is 3. The first kappa shape index (κ1) is 10.9. The van der Waals surface area contributed by atoms with Gasteiger partial charge < -0.3 is 5.21 Å². The van der Waals surface area contributed by atoms with E-state index in [1.54, 1.807) is 6.92 Å². The molecule has 0 atom stereocenters. The third kappa shape index (κ3) is 3.91. The average molecular weight is 171 g/mol. The van der Waals surface area contributed by atoms with E-state index in [0.717, 1.165) is 0 Å². The van der Waals surface area contributed by atoms with Gasteiger partial charge in [-0.05, 0) is 25.0 Å². The van der Waals surface area contributed by atoms with Gasteiger partial charge in [-0.1, -0.05) is 25.1 Å². The highest BCUT2D eigenvalue weighted by Gasteiger charge is 2.00. The summed E-state index contributed by atoms with van der Waals surface area (Å²) in [4.78, 5) is 0. The van der Waals surface area contributed by atoms with E-state index in [2.05, 4.69) is 5.16 Å². The lowest BCUT2D eigenvalue weighted by Crippen LogP contribution is -2.03. The molecule has 0 bridgehead atoms. The van der Waals surface area contributed by atoms with Crippen LogP contribution in [0.2, 0.25) is 0 Å². The van der Waals surface area contributed by atoms with Crippen molar-refractivity contribution in [2.24, 2.45) is 11.1 Å². The maximum Gasteiger partial charge on any atom is 0.119 e. The van der Waals surface area contributed by atoms with E-state index in [1.165, 1.54) is 18.2 Å². The molecule has 0 radical (unpaired) electrons. The molecule has 0 aromatic heterocycles. The Hall–Kier alpha value is -1.12. The first-order valence-corrected chi connectivity index (χ1v) is 3.83. The molecule has 2 nitrogen and oxygen atoms in total. The standard InChI is InChI=1S/C9H14FNO/c1-4-8(10)5-6-9(11-12)7(2)3/h4-7,12H,1-3H3/b6-5-,8-4+,11-9-. The third-order valence-electron chi connectivity index (χ3n) is 1.40. The molecule has 0 aromatic rings. The summed E-state index contributed by atoms with van der Waals surface area (Å²) in [6.07, 6.45) is 4.07. The quantitative estimate of drug-likeness (QED) is 0.301. The van der Waals surface area contributed by atoms with E-state index in [-0.39, 0.29) is 11.7 Å². The Balaban J connectivity index is 4.32. The van der Waals surface area contributed by atoms with Crippen molar-refractivity contribution in [1.29, 1.82) is 0 Å². The highest BCUT2D eigenvalue weighted by Crippen LogP contribution is 2.02. The van der Waals surface area contributed by atoms with Crippen LogP contribution in [0.25, 0.3) is 0 Å². The van der Waals surface area contributed by atoms with E-state index in [4.69, 9.17) is 5.21 Å². The van der Waals surface area contributed by atoms with Crippen molar-refractivity contribution in [2.75, 3.05) is 0 Å². The topological polar surface area (TPSA) is 32.6 Å². The van der Waals surface area contributed by atoms with Crippen molar-refractivity contribution in [1.82, 2.24) is 0 Å². The van der Waals surface area contributed by atoms with Crippen LogP contribution >= 0.6 is 0 Å². The summed E-state index contributed by atoms with van der Waals surface area (Å²) in [5.74, 6) is -0.243. The highest BCUT2D eigenvalue weighted by molar-refractivity contribution is 5.96. The lowest BCUT2D eigenvalue weighted by molar-refractivity contribution is 0.316. The van der Waals surface area contributed by atoms with E-state index >= 15 is 0 Å². The van der Waals surface area contributed by atoms with Crippen LogP contribution in [-0.4, -0.2) is 10.9 Å². The summed E-state index contributed by atoms with van der Waals surface area (Å²) in [5, 5.41) is 11.5. The minimum Gasteiger partial charge on any atom is -0.411 e. The van der Waals surface area contributed by atoms with Crippen LogP contribution in [0.5, 0.6) is 0 Å².